The van der Waals surface area contributed by atoms with Gasteiger partial charge in [-0.2, -0.15) is 0 Å². The second kappa shape index (κ2) is 6.64. The lowest BCUT2D eigenvalue weighted by Gasteiger charge is -2.23. The Hall–Kier alpha value is -1.98. The Kier molecular flexibility index (Phi) is 4.59. The molecule has 23 heavy (non-hydrogen) atoms. The fourth-order valence-corrected chi connectivity index (χ4v) is 3.08. The number of hydrogen-bond donors (Lipinski definition) is 1. The number of carbonyl (C=O) groups is 1. The third-order valence-corrected chi connectivity index (χ3v) is 4.23. The topological polar surface area (TPSA) is 52.9 Å². The minimum Gasteiger partial charge on any atom is -0.364 e. The van der Waals surface area contributed by atoms with E-state index in [0.717, 1.165) is 27.7 Å². The van der Waals surface area contributed by atoms with Gasteiger partial charge in [-0.3, -0.25) is 4.79 Å². The Bertz CT molecular complexity index is 759. The third kappa shape index (κ3) is 3.07. The number of carbonyl (C=O) groups excluding carboxylic acids is 1. The zero-order valence-electron chi connectivity index (χ0n) is 12.7. The van der Waals surface area contributed by atoms with Crippen LogP contribution >= 0.6 is 15.9 Å². The molecule has 1 unspecified atom stereocenters. The number of nitrogens with zero attached hydrogens (tertiary/aromatic N) is 2. The van der Waals surface area contributed by atoms with Crippen LogP contribution in [0.1, 0.15) is 24.5 Å². The van der Waals surface area contributed by atoms with Gasteiger partial charge in [0.15, 0.2) is 0 Å². The monoisotopic (exact) mass is 372 g/mol. The molecule has 0 aromatic heterocycles. The van der Waals surface area contributed by atoms with Crippen LogP contribution in [0.2, 0.25) is 0 Å². The van der Waals surface area contributed by atoms with Gasteiger partial charge in [-0.05, 0) is 24.6 Å². The lowest BCUT2D eigenvalue weighted by Crippen LogP contribution is -2.38. The molecule has 1 aliphatic heterocycles. The summed E-state index contributed by atoms with van der Waals surface area (Å²) in [5.74, 6) is -0.388. The van der Waals surface area contributed by atoms with Crippen molar-refractivity contribution in [3.63, 3.8) is 0 Å². The van der Waals surface area contributed by atoms with Crippen molar-refractivity contribution in [2.75, 3.05) is 11.4 Å². The highest BCUT2D eigenvalue weighted by Crippen LogP contribution is 2.30. The number of fused-ring (bicyclic) bond motifs is 1. The Balaban J connectivity index is 2.23. The van der Waals surface area contributed by atoms with Gasteiger partial charge in [0.05, 0.1) is 11.4 Å². The molecule has 0 radical (unpaired) electrons. The Morgan fingerprint density at radius 3 is 2.65 bits per heavy atom. The molecule has 1 aliphatic rings. The predicted octanol–water partition coefficient (Wildman–Crippen LogP) is 3.36. The molecule has 3 rings (SSSR count). The van der Waals surface area contributed by atoms with E-state index < -0.39 is 6.23 Å². The summed E-state index contributed by atoms with van der Waals surface area (Å²) < 4.78 is 0.903. The Morgan fingerprint density at radius 1 is 1.22 bits per heavy atom. The number of hydrogen-bond acceptors (Lipinski definition) is 3. The van der Waals surface area contributed by atoms with Crippen LogP contribution in [0, 0.1) is 0 Å². The lowest BCUT2D eigenvalue weighted by molar-refractivity contribution is -0.126. The van der Waals surface area contributed by atoms with Crippen molar-refractivity contribution in [2.24, 2.45) is 4.99 Å². The van der Waals surface area contributed by atoms with Gasteiger partial charge in [0.2, 0.25) is 6.23 Å². The maximum absolute atomic E-state index is 12.5. The standard InChI is InChI=1S/C18H17BrN2O2/c1-2-10-21-15-9-8-13(19)11-14(15)16(20-17(22)18(21)23)12-6-4-3-5-7-12/h3-9,11,17,22H,2,10H2,1H3. The van der Waals surface area contributed by atoms with Crippen LogP contribution in [-0.2, 0) is 4.79 Å². The molecule has 118 valence electrons. The average molecular weight is 373 g/mol. The summed E-state index contributed by atoms with van der Waals surface area (Å²) in [6, 6.07) is 15.3. The second-order valence-electron chi connectivity index (χ2n) is 5.37. The largest absolute Gasteiger partial charge is 0.364 e. The summed E-state index contributed by atoms with van der Waals surface area (Å²) in [7, 11) is 0. The van der Waals surface area contributed by atoms with Crippen LogP contribution in [0.25, 0.3) is 0 Å². The summed E-state index contributed by atoms with van der Waals surface area (Å²) in [5, 5.41) is 10.2. The lowest BCUT2D eigenvalue weighted by atomic mass is 10.0. The zero-order valence-corrected chi connectivity index (χ0v) is 14.3. The number of anilines is 1. The molecule has 1 heterocycles. The molecule has 0 saturated carbocycles. The first kappa shape index (κ1) is 15.9. The zero-order chi connectivity index (χ0) is 16.4. The maximum Gasteiger partial charge on any atom is 0.278 e. The fraction of sp³-hybridized carbons (Fsp3) is 0.222. The van der Waals surface area contributed by atoms with Crippen LogP contribution in [0.4, 0.5) is 5.69 Å². The molecular weight excluding hydrogens is 356 g/mol. The summed E-state index contributed by atoms with van der Waals surface area (Å²) in [6.07, 6.45) is -0.586. The van der Waals surface area contributed by atoms with Gasteiger partial charge in [-0.1, -0.05) is 53.2 Å². The van der Waals surface area contributed by atoms with Crippen molar-refractivity contribution in [2.45, 2.75) is 19.6 Å². The summed E-state index contributed by atoms with van der Waals surface area (Å²) in [6.45, 7) is 2.55. The van der Waals surface area contributed by atoms with Crippen molar-refractivity contribution in [1.29, 1.82) is 0 Å². The van der Waals surface area contributed by atoms with Crippen LogP contribution in [0.5, 0.6) is 0 Å². The van der Waals surface area contributed by atoms with E-state index in [1.165, 1.54) is 0 Å². The second-order valence-corrected chi connectivity index (χ2v) is 6.28. The predicted molar refractivity (Wildman–Crippen MR) is 94.9 cm³/mol. The maximum atomic E-state index is 12.5. The Labute approximate surface area is 143 Å². The molecule has 1 atom stereocenters. The first-order valence-corrected chi connectivity index (χ1v) is 8.33. The summed E-state index contributed by atoms with van der Waals surface area (Å²) in [4.78, 5) is 18.4. The highest BCUT2D eigenvalue weighted by Gasteiger charge is 2.30. The van der Waals surface area contributed by atoms with Gasteiger partial charge in [-0.25, -0.2) is 4.99 Å². The third-order valence-electron chi connectivity index (χ3n) is 3.74. The molecule has 4 nitrogen and oxygen atoms in total. The SMILES string of the molecule is CCCN1C(=O)C(O)N=C(c2ccccc2)c2cc(Br)ccc21. The quantitative estimate of drug-likeness (QED) is 0.897. The minimum atomic E-state index is -1.39. The van der Waals surface area contributed by atoms with E-state index in [2.05, 4.69) is 20.9 Å². The van der Waals surface area contributed by atoms with E-state index in [1.807, 2.05) is 55.5 Å². The number of halogens is 1. The highest BCUT2D eigenvalue weighted by molar-refractivity contribution is 9.10. The van der Waals surface area contributed by atoms with Gasteiger partial charge in [0, 0.05) is 22.1 Å². The molecule has 5 heteroatoms. The number of rotatable bonds is 3. The van der Waals surface area contributed by atoms with Gasteiger partial charge in [0.1, 0.15) is 0 Å². The first-order chi connectivity index (χ1) is 11.1. The van der Waals surface area contributed by atoms with Crippen molar-refractivity contribution < 1.29 is 9.90 Å². The number of benzodiazepines with no additional fused rings is 1. The summed E-state index contributed by atoms with van der Waals surface area (Å²) in [5.41, 5.74) is 3.11. The highest BCUT2D eigenvalue weighted by atomic mass is 79.9. The smallest absolute Gasteiger partial charge is 0.278 e. The fourth-order valence-electron chi connectivity index (χ4n) is 2.72. The number of aliphatic imine (C=N–C) groups is 1. The molecule has 2 aromatic carbocycles. The van der Waals surface area contributed by atoms with Crippen molar-refractivity contribution >= 4 is 33.2 Å². The van der Waals surface area contributed by atoms with E-state index in [0.29, 0.717) is 12.3 Å². The minimum absolute atomic E-state index is 0.388. The molecule has 0 spiro atoms. The Morgan fingerprint density at radius 2 is 1.96 bits per heavy atom. The van der Waals surface area contributed by atoms with Crippen LogP contribution in [-0.4, -0.2) is 29.5 Å². The normalized spacial score (nSPS) is 17.5. The molecule has 0 aliphatic carbocycles. The number of aliphatic hydroxyl groups is 1. The molecular formula is C18H17BrN2O2. The van der Waals surface area contributed by atoms with Gasteiger partial charge in [0.25, 0.3) is 5.91 Å². The molecule has 0 fully saturated rings. The number of amides is 1. The molecule has 1 amide bonds. The van der Waals surface area contributed by atoms with Gasteiger partial charge >= 0.3 is 0 Å². The van der Waals surface area contributed by atoms with E-state index in [-0.39, 0.29) is 5.91 Å². The van der Waals surface area contributed by atoms with Crippen molar-refractivity contribution in [3.05, 3.63) is 64.1 Å². The molecule has 0 saturated heterocycles. The van der Waals surface area contributed by atoms with E-state index in [1.54, 1.807) is 4.90 Å². The van der Waals surface area contributed by atoms with E-state index in [4.69, 9.17) is 0 Å². The van der Waals surface area contributed by atoms with Crippen LogP contribution in [0.3, 0.4) is 0 Å². The van der Waals surface area contributed by atoms with Crippen molar-refractivity contribution in [1.82, 2.24) is 0 Å². The van der Waals surface area contributed by atoms with Crippen LogP contribution < -0.4 is 4.90 Å². The number of benzene rings is 2. The number of aliphatic hydroxyl groups excluding tert-OH is 1. The molecule has 0 bridgehead atoms. The molecule has 1 N–H and O–H groups in total. The van der Waals surface area contributed by atoms with Crippen LogP contribution in [0.15, 0.2) is 58.0 Å². The summed E-state index contributed by atoms with van der Waals surface area (Å²) >= 11 is 3.48. The van der Waals surface area contributed by atoms with Gasteiger partial charge < -0.3 is 10.0 Å². The van der Waals surface area contributed by atoms with Gasteiger partial charge in [-0.15, -0.1) is 0 Å². The van der Waals surface area contributed by atoms with E-state index in [9.17, 15) is 9.90 Å². The molecule has 2 aromatic rings. The average Bonchev–Trinajstić information content (AvgIpc) is 2.66. The first-order valence-electron chi connectivity index (χ1n) is 7.54. The van der Waals surface area contributed by atoms with Crippen molar-refractivity contribution in [3.8, 4) is 0 Å². The van der Waals surface area contributed by atoms with E-state index >= 15 is 0 Å².